The zero-order valence-electron chi connectivity index (χ0n) is 7.80. The van der Waals surface area contributed by atoms with E-state index in [9.17, 15) is 8.78 Å². The molecule has 3 nitrogen and oxygen atoms in total. The third kappa shape index (κ3) is 1.62. The van der Waals surface area contributed by atoms with E-state index in [-0.39, 0.29) is 13.1 Å². The van der Waals surface area contributed by atoms with Crippen LogP contribution in [0.15, 0.2) is 12.1 Å². The molecule has 14 heavy (non-hydrogen) atoms. The Bertz CT molecular complexity index is 337. The molecule has 0 aliphatic carbocycles. The van der Waals surface area contributed by atoms with Crippen LogP contribution in [0.5, 0.6) is 0 Å². The molecule has 0 amide bonds. The number of hydrogen-bond donors (Lipinski definition) is 1. The van der Waals surface area contributed by atoms with Gasteiger partial charge in [-0.1, -0.05) is 0 Å². The molecular weight excluding hydrogens is 188 g/mol. The van der Waals surface area contributed by atoms with Crippen LogP contribution in [0.1, 0.15) is 5.56 Å². The summed E-state index contributed by atoms with van der Waals surface area (Å²) >= 11 is 0. The van der Waals surface area contributed by atoms with Gasteiger partial charge in [-0.2, -0.15) is 0 Å². The second-order valence-electron chi connectivity index (χ2n) is 3.64. The van der Waals surface area contributed by atoms with E-state index in [2.05, 4.69) is 4.98 Å². The largest absolute Gasteiger partial charge is 0.384 e. The Morgan fingerprint density at radius 1 is 1.43 bits per heavy atom. The standard InChI is InChI=1S/C9H11F2N3/c1-6-2-7(12)13-8(3-6)14-4-9(10,11)5-14/h2-3H,4-5H2,1H3,(H2,12,13). The molecule has 0 atom stereocenters. The van der Waals surface area contributed by atoms with E-state index in [0.29, 0.717) is 11.6 Å². The van der Waals surface area contributed by atoms with Gasteiger partial charge in [-0.05, 0) is 24.6 Å². The van der Waals surface area contributed by atoms with Gasteiger partial charge >= 0.3 is 0 Å². The maximum Gasteiger partial charge on any atom is 0.282 e. The Balaban J connectivity index is 2.18. The molecule has 0 unspecified atom stereocenters. The second-order valence-corrected chi connectivity index (χ2v) is 3.64. The fraction of sp³-hybridized carbons (Fsp3) is 0.444. The highest BCUT2D eigenvalue weighted by atomic mass is 19.3. The number of anilines is 2. The van der Waals surface area contributed by atoms with Crippen LogP contribution < -0.4 is 10.6 Å². The summed E-state index contributed by atoms with van der Waals surface area (Å²) in [5.41, 5.74) is 6.45. The van der Waals surface area contributed by atoms with Crippen LogP contribution in [0.3, 0.4) is 0 Å². The first kappa shape index (κ1) is 9.18. The fourth-order valence-electron chi connectivity index (χ4n) is 1.51. The molecule has 2 rings (SSSR count). The zero-order valence-corrected chi connectivity index (χ0v) is 7.80. The lowest BCUT2D eigenvalue weighted by atomic mass is 10.1. The summed E-state index contributed by atoms with van der Waals surface area (Å²) in [7, 11) is 0. The summed E-state index contributed by atoms with van der Waals surface area (Å²) < 4.78 is 25.1. The van der Waals surface area contributed by atoms with E-state index in [1.165, 1.54) is 4.90 Å². The predicted octanol–water partition coefficient (Wildman–Crippen LogP) is 1.43. The molecule has 0 aromatic carbocycles. The summed E-state index contributed by atoms with van der Waals surface area (Å²) in [6, 6.07) is 3.47. The number of halogens is 2. The van der Waals surface area contributed by atoms with E-state index < -0.39 is 5.92 Å². The van der Waals surface area contributed by atoms with Gasteiger partial charge in [-0.15, -0.1) is 0 Å². The van der Waals surface area contributed by atoms with Crippen molar-refractivity contribution in [2.75, 3.05) is 23.7 Å². The SMILES string of the molecule is Cc1cc(N)nc(N2CC(F)(F)C2)c1. The van der Waals surface area contributed by atoms with Crippen LogP contribution in [0.25, 0.3) is 0 Å². The molecule has 0 radical (unpaired) electrons. The molecule has 2 N–H and O–H groups in total. The Labute approximate surface area is 80.5 Å². The number of hydrogen-bond acceptors (Lipinski definition) is 3. The Hall–Kier alpha value is -1.39. The van der Waals surface area contributed by atoms with E-state index in [1.54, 1.807) is 12.1 Å². The summed E-state index contributed by atoms with van der Waals surface area (Å²) in [6.07, 6.45) is 0. The van der Waals surface area contributed by atoms with Crippen LogP contribution >= 0.6 is 0 Å². The molecule has 0 spiro atoms. The lowest BCUT2D eigenvalue weighted by Crippen LogP contribution is -2.56. The van der Waals surface area contributed by atoms with Crippen molar-refractivity contribution in [1.82, 2.24) is 4.98 Å². The second kappa shape index (κ2) is 2.80. The first-order chi connectivity index (χ1) is 6.46. The predicted molar refractivity (Wildman–Crippen MR) is 50.5 cm³/mol. The number of alkyl halides is 2. The van der Waals surface area contributed by atoms with Crippen molar-refractivity contribution in [3.63, 3.8) is 0 Å². The first-order valence-electron chi connectivity index (χ1n) is 4.33. The van der Waals surface area contributed by atoms with E-state index in [0.717, 1.165) is 5.56 Å². The highest BCUT2D eigenvalue weighted by Crippen LogP contribution is 2.31. The number of aryl methyl sites for hydroxylation is 1. The third-order valence-corrected chi connectivity index (χ3v) is 2.14. The van der Waals surface area contributed by atoms with Gasteiger partial charge in [0.15, 0.2) is 0 Å². The minimum Gasteiger partial charge on any atom is -0.384 e. The summed E-state index contributed by atoms with van der Waals surface area (Å²) in [5.74, 6) is -1.66. The van der Waals surface area contributed by atoms with Crippen molar-refractivity contribution in [1.29, 1.82) is 0 Å². The quantitative estimate of drug-likeness (QED) is 0.743. The molecule has 1 saturated heterocycles. The molecular formula is C9H11F2N3. The molecule has 0 bridgehead atoms. The summed E-state index contributed by atoms with van der Waals surface area (Å²) in [6.45, 7) is 1.34. The third-order valence-electron chi connectivity index (χ3n) is 2.14. The molecule has 1 aromatic heterocycles. The Morgan fingerprint density at radius 3 is 2.57 bits per heavy atom. The van der Waals surface area contributed by atoms with Gasteiger partial charge in [-0.25, -0.2) is 13.8 Å². The van der Waals surface area contributed by atoms with Crippen LogP contribution in [-0.4, -0.2) is 24.0 Å². The number of rotatable bonds is 1. The van der Waals surface area contributed by atoms with Crippen molar-refractivity contribution in [2.45, 2.75) is 12.8 Å². The van der Waals surface area contributed by atoms with E-state index in [1.807, 2.05) is 6.92 Å². The van der Waals surface area contributed by atoms with Crippen molar-refractivity contribution in [2.24, 2.45) is 0 Å². The van der Waals surface area contributed by atoms with Crippen LogP contribution in [0.4, 0.5) is 20.4 Å². The van der Waals surface area contributed by atoms with Crippen molar-refractivity contribution >= 4 is 11.6 Å². The van der Waals surface area contributed by atoms with Gasteiger partial charge in [0, 0.05) is 0 Å². The van der Waals surface area contributed by atoms with Gasteiger partial charge < -0.3 is 10.6 Å². The molecule has 76 valence electrons. The number of nitrogens with zero attached hydrogens (tertiary/aromatic N) is 2. The van der Waals surface area contributed by atoms with Gasteiger partial charge in [0.05, 0.1) is 13.1 Å². The van der Waals surface area contributed by atoms with Crippen LogP contribution in [0.2, 0.25) is 0 Å². The average molecular weight is 199 g/mol. The van der Waals surface area contributed by atoms with Crippen LogP contribution in [0, 0.1) is 6.92 Å². The maximum absolute atomic E-state index is 12.6. The van der Waals surface area contributed by atoms with Crippen molar-refractivity contribution in [3.8, 4) is 0 Å². The van der Waals surface area contributed by atoms with Gasteiger partial charge in [-0.3, -0.25) is 0 Å². The van der Waals surface area contributed by atoms with E-state index in [4.69, 9.17) is 5.73 Å². The topological polar surface area (TPSA) is 42.1 Å². The van der Waals surface area contributed by atoms with Crippen molar-refractivity contribution < 1.29 is 8.78 Å². The van der Waals surface area contributed by atoms with Gasteiger partial charge in [0.1, 0.15) is 11.6 Å². The number of nitrogens with two attached hydrogens (primary N) is 1. The monoisotopic (exact) mass is 199 g/mol. The Morgan fingerprint density at radius 2 is 2.07 bits per heavy atom. The Kier molecular flexibility index (Phi) is 1.83. The molecule has 2 heterocycles. The smallest absolute Gasteiger partial charge is 0.282 e. The fourth-order valence-corrected chi connectivity index (χ4v) is 1.51. The number of pyridine rings is 1. The van der Waals surface area contributed by atoms with Gasteiger partial charge in [0.2, 0.25) is 0 Å². The normalized spacial score (nSPS) is 19.2. The molecule has 0 saturated carbocycles. The average Bonchev–Trinajstić information content (AvgIpc) is 1.97. The highest BCUT2D eigenvalue weighted by Gasteiger charge is 2.44. The summed E-state index contributed by atoms with van der Waals surface area (Å²) in [5, 5.41) is 0. The molecule has 1 aliphatic heterocycles. The molecule has 1 aromatic rings. The zero-order chi connectivity index (χ0) is 10.3. The molecule has 5 heteroatoms. The minimum atomic E-state index is -2.57. The maximum atomic E-state index is 12.6. The highest BCUT2D eigenvalue weighted by molar-refractivity contribution is 5.50. The minimum absolute atomic E-state index is 0.261. The van der Waals surface area contributed by atoms with Gasteiger partial charge in [0.25, 0.3) is 5.92 Å². The molecule has 1 fully saturated rings. The lowest BCUT2D eigenvalue weighted by Gasteiger charge is -2.39. The van der Waals surface area contributed by atoms with E-state index >= 15 is 0 Å². The number of aromatic nitrogens is 1. The van der Waals surface area contributed by atoms with Crippen LogP contribution in [-0.2, 0) is 0 Å². The number of nitrogen functional groups attached to an aromatic ring is 1. The summed E-state index contributed by atoms with van der Waals surface area (Å²) in [4.78, 5) is 5.51. The van der Waals surface area contributed by atoms with Crippen molar-refractivity contribution in [3.05, 3.63) is 17.7 Å². The first-order valence-corrected chi connectivity index (χ1v) is 4.33. The lowest BCUT2D eigenvalue weighted by molar-refractivity contribution is -0.0266. The molecule has 1 aliphatic rings.